The van der Waals surface area contributed by atoms with Crippen LogP contribution in [-0.2, 0) is 15.8 Å². The van der Waals surface area contributed by atoms with E-state index in [0.29, 0.717) is 6.54 Å². The van der Waals surface area contributed by atoms with Gasteiger partial charge in [0, 0.05) is 12.2 Å². The number of carbonyl (C=O) groups is 3. The molecule has 1 aromatic rings. The standard InChI is InChI=1S/C16H20ClF3N4O3/c1-4-21-15(27)23-14(26)9(2)24(3)8-13(25)22-10-5-6-12(17)11(7-10)16(18,19)20/h5-7,9H,4,8H2,1-3H3,(H,22,25)(H2,21,23,26,27). The van der Waals surface area contributed by atoms with E-state index in [2.05, 4.69) is 16.0 Å². The van der Waals surface area contributed by atoms with Gasteiger partial charge in [0.2, 0.25) is 11.8 Å². The first-order valence-corrected chi connectivity index (χ1v) is 8.29. The lowest BCUT2D eigenvalue weighted by molar-refractivity contribution is -0.137. The van der Waals surface area contributed by atoms with Crippen molar-refractivity contribution in [1.29, 1.82) is 0 Å². The van der Waals surface area contributed by atoms with Crippen LogP contribution in [0.5, 0.6) is 0 Å². The van der Waals surface area contributed by atoms with Crippen LogP contribution in [0.15, 0.2) is 18.2 Å². The Kier molecular flexibility index (Phi) is 8.04. The van der Waals surface area contributed by atoms with E-state index in [9.17, 15) is 27.6 Å². The molecule has 0 aliphatic heterocycles. The van der Waals surface area contributed by atoms with Crippen molar-refractivity contribution in [1.82, 2.24) is 15.5 Å². The summed E-state index contributed by atoms with van der Waals surface area (Å²) in [7, 11) is 1.46. The second-order valence-corrected chi connectivity index (χ2v) is 6.09. The van der Waals surface area contributed by atoms with Gasteiger partial charge in [-0.05, 0) is 39.1 Å². The number of alkyl halides is 3. The Hall–Kier alpha value is -2.33. The largest absolute Gasteiger partial charge is 0.417 e. The summed E-state index contributed by atoms with van der Waals surface area (Å²) >= 11 is 5.52. The molecule has 0 aromatic heterocycles. The van der Waals surface area contributed by atoms with E-state index in [1.54, 1.807) is 6.92 Å². The molecule has 11 heteroatoms. The van der Waals surface area contributed by atoms with E-state index in [0.717, 1.165) is 12.1 Å². The number of rotatable bonds is 6. The highest BCUT2D eigenvalue weighted by Crippen LogP contribution is 2.36. The summed E-state index contributed by atoms with van der Waals surface area (Å²) in [6.07, 6.45) is -4.65. The number of nitrogens with one attached hydrogen (secondary N) is 3. The van der Waals surface area contributed by atoms with Gasteiger partial charge in [0.05, 0.1) is 23.2 Å². The molecule has 1 aromatic carbocycles. The number of urea groups is 1. The van der Waals surface area contributed by atoms with Gasteiger partial charge in [0.15, 0.2) is 0 Å². The van der Waals surface area contributed by atoms with Crippen LogP contribution in [0.2, 0.25) is 5.02 Å². The van der Waals surface area contributed by atoms with Crippen LogP contribution < -0.4 is 16.0 Å². The SMILES string of the molecule is CCNC(=O)NC(=O)C(C)N(C)CC(=O)Nc1ccc(Cl)c(C(F)(F)F)c1. The third-order valence-electron chi connectivity index (χ3n) is 3.56. The fourth-order valence-corrected chi connectivity index (χ4v) is 2.23. The van der Waals surface area contributed by atoms with Gasteiger partial charge >= 0.3 is 12.2 Å². The van der Waals surface area contributed by atoms with Crippen molar-refractivity contribution < 1.29 is 27.6 Å². The lowest BCUT2D eigenvalue weighted by Gasteiger charge is -2.23. The first kappa shape index (κ1) is 22.7. The molecule has 27 heavy (non-hydrogen) atoms. The maximum atomic E-state index is 12.8. The molecule has 7 nitrogen and oxygen atoms in total. The quantitative estimate of drug-likeness (QED) is 0.674. The topological polar surface area (TPSA) is 90.5 Å². The molecular formula is C16H20ClF3N4O3. The molecule has 1 unspecified atom stereocenters. The van der Waals surface area contributed by atoms with E-state index in [4.69, 9.17) is 11.6 Å². The number of likely N-dealkylation sites (N-methyl/N-ethyl adjacent to an activating group) is 1. The van der Waals surface area contributed by atoms with Crippen molar-refractivity contribution in [3.05, 3.63) is 28.8 Å². The number of nitrogens with zero attached hydrogens (tertiary/aromatic N) is 1. The summed E-state index contributed by atoms with van der Waals surface area (Å²) in [6, 6.07) is 1.51. The number of benzene rings is 1. The molecule has 1 atom stereocenters. The average Bonchev–Trinajstić information content (AvgIpc) is 2.54. The fraction of sp³-hybridized carbons (Fsp3) is 0.438. The molecule has 0 aliphatic carbocycles. The number of imide groups is 1. The molecule has 0 aliphatic rings. The van der Waals surface area contributed by atoms with Gasteiger partial charge in [0.25, 0.3) is 0 Å². The van der Waals surface area contributed by atoms with Crippen LogP contribution in [0.4, 0.5) is 23.7 Å². The van der Waals surface area contributed by atoms with Gasteiger partial charge in [-0.1, -0.05) is 11.6 Å². The molecule has 4 amide bonds. The molecule has 0 bridgehead atoms. The molecule has 150 valence electrons. The predicted octanol–water partition coefficient (Wildman–Crippen LogP) is 2.46. The average molecular weight is 409 g/mol. The Morgan fingerprint density at radius 1 is 1.26 bits per heavy atom. The first-order valence-electron chi connectivity index (χ1n) is 7.91. The predicted molar refractivity (Wildman–Crippen MR) is 94.4 cm³/mol. The second kappa shape index (κ2) is 9.56. The third-order valence-corrected chi connectivity index (χ3v) is 3.89. The summed E-state index contributed by atoms with van der Waals surface area (Å²) in [5.74, 6) is -1.26. The van der Waals surface area contributed by atoms with Gasteiger partial charge in [-0.25, -0.2) is 4.79 Å². The monoisotopic (exact) mass is 408 g/mol. The molecule has 0 saturated heterocycles. The Morgan fingerprint density at radius 3 is 2.44 bits per heavy atom. The van der Waals surface area contributed by atoms with Crippen molar-refractivity contribution >= 4 is 35.1 Å². The van der Waals surface area contributed by atoms with E-state index in [-0.39, 0.29) is 12.2 Å². The van der Waals surface area contributed by atoms with E-state index in [1.807, 2.05) is 0 Å². The number of hydrogen-bond acceptors (Lipinski definition) is 4. The summed E-state index contributed by atoms with van der Waals surface area (Å²) in [5.41, 5.74) is -1.14. The van der Waals surface area contributed by atoms with Crippen molar-refractivity contribution in [3.8, 4) is 0 Å². The van der Waals surface area contributed by atoms with Crippen molar-refractivity contribution in [3.63, 3.8) is 0 Å². The Labute approximate surface area is 159 Å². The highest BCUT2D eigenvalue weighted by Gasteiger charge is 2.33. The number of carbonyl (C=O) groups excluding carboxylic acids is 3. The molecule has 0 saturated carbocycles. The Morgan fingerprint density at radius 2 is 1.89 bits per heavy atom. The van der Waals surface area contributed by atoms with Gasteiger partial charge in [-0.15, -0.1) is 0 Å². The zero-order chi connectivity index (χ0) is 20.8. The third kappa shape index (κ3) is 7.06. The first-order chi connectivity index (χ1) is 12.5. The molecule has 0 spiro atoms. The van der Waals surface area contributed by atoms with E-state index >= 15 is 0 Å². The summed E-state index contributed by atoms with van der Waals surface area (Å²) in [5, 5.41) is 6.35. The normalized spacial score (nSPS) is 12.4. The fourth-order valence-electron chi connectivity index (χ4n) is 2.01. The van der Waals surface area contributed by atoms with Crippen molar-refractivity contribution in [2.75, 3.05) is 25.5 Å². The lowest BCUT2D eigenvalue weighted by Crippen LogP contribution is -2.49. The highest BCUT2D eigenvalue weighted by molar-refractivity contribution is 6.31. The van der Waals surface area contributed by atoms with Crippen LogP contribution >= 0.6 is 11.6 Å². The molecule has 0 heterocycles. The summed E-state index contributed by atoms with van der Waals surface area (Å²) in [4.78, 5) is 36.6. The zero-order valence-electron chi connectivity index (χ0n) is 14.9. The van der Waals surface area contributed by atoms with Gasteiger partial charge in [-0.3, -0.25) is 19.8 Å². The molecule has 3 N–H and O–H groups in total. The smallest absolute Gasteiger partial charge is 0.338 e. The second-order valence-electron chi connectivity index (χ2n) is 5.68. The Bertz CT molecular complexity index is 713. The number of hydrogen-bond donors (Lipinski definition) is 3. The molecule has 1 rings (SSSR count). The maximum absolute atomic E-state index is 12.8. The van der Waals surface area contributed by atoms with Crippen LogP contribution in [0.3, 0.4) is 0 Å². The number of amides is 4. The van der Waals surface area contributed by atoms with Crippen molar-refractivity contribution in [2.24, 2.45) is 0 Å². The van der Waals surface area contributed by atoms with Crippen molar-refractivity contribution in [2.45, 2.75) is 26.1 Å². The molecule has 0 radical (unpaired) electrons. The number of halogens is 4. The molecule has 0 fully saturated rings. The molecular weight excluding hydrogens is 389 g/mol. The van der Waals surface area contributed by atoms with Gasteiger partial charge in [0.1, 0.15) is 0 Å². The summed E-state index contributed by atoms with van der Waals surface area (Å²) in [6.45, 7) is 3.22. The van der Waals surface area contributed by atoms with Crippen LogP contribution in [0, 0.1) is 0 Å². The lowest BCUT2D eigenvalue weighted by atomic mass is 10.2. The Balaban J connectivity index is 2.68. The summed E-state index contributed by atoms with van der Waals surface area (Å²) < 4.78 is 38.5. The van der Waals surface area contributed by atoms with Crippen LogP contribution in [-0.4, -0.2) is 48.9 Å². The highest BCUT2D eigenvalue weighted by atomic mass is 35.5. The number of anilines is 1. The maximum Gasteiger partial charge on any atom is 0.417 e. The van der Waals surface area contributed by atoms with E-state index in [1.165, 1.54) is 24.9 Å². The van der Waals surface area contributed by atoms with Gasteiger partial charge in [-0.2, -0.15) is 13.2 Å². The van der Waals surface area contributed by atoms with Crippen LogP contribution in [0.25, 0.3) is 0 Å². The van der Waals surface area contributed by atoms with Crippen LogP contribution in [0.1, 0.15) is 19.4 Å². The minimum atomic E-state index is -4.65. The van der Waals surface area contributed by atoms with Gasteiger partial charge < -0.3 is 10.6 Å². The zero-order valence-corrected chi connectivity index (χ0v) is 15.7. The minimum absolute atomic E-state index is 0.0791. The van der Waals surface area contributed by atoms with E-state index < -0.39 is 40.6 Å². The minimum Gasteiger partial charge on any atom is -0.338 e.